The average molecular weight is 455 g/mol. The molecule has 3 heterocycles. The Morgan fingerprint density at radius 2 is 1.77 bits per heavy atom. The number of aromatic amines is 1. The number of nitrogens with zero attached hydrogens (tertiary/aromatic N) is 3. The van der Waals surface area contributed by atoms with E-state index >= 15 is 0 Å². The number of anilines is 1. The minimum absolute atomic E-state index is 0.424. The van der Waals surface area contributed by atoms with Gasteiger partial charge in [0.05, 0.1) is 16.2 Å². The molecule has 164 valence electrons. The molecule has 1 aliphatic heterocycles. The molecule has 1 amide bonds. The van der Waals surface area contributed by atoms with Crippen LogP contribution < -0.4 is 10.2 Å². The van der Waals surface area contributed by atoms with E-state index in [1.165, 1.54) is 6.33 Å². The Kier molecular flexibility index (Phi) is 5.65. The van der Waals surface area contributed by atoms with Crippen molar-refractivity contribution >= 4 is 33.6 Å². The average Bonchev–Trinajstić information content (AvgIpc) is 3.22. The van der Waals surface area contributed by atoms with Crippen LogP contribution in [0.5, 0.6) is 0 Å². The van der Waals surface area contributed by atoms with Crippen molar-refractivity contribution in [1.82, 2.24) is 20.3 Å². The van der Waals surface area contributed by atoms with E-state index in [1.807, 2.05) is 11.0 Å². The smallest absolute Gasteiger partial charge is 0.257 e. The fraction of sp³-hybridized carbons (Fsp3) is 0.316. The molecule has 0 bridgehead atoms. The van der Waals surface area contributed by atoms with E-state index < -0.39 is 56.5 Å². The van der Waals surface area contributed by atoms with Gasteiger partial charge in [-0.3, -0.25) is 9.00 Å². The van der Waals surface area contributed by atoms with Crippen molar-refractivity contribution in [1.29, 1.82) is 0 Å². The third kappa shape index (κ3) is 3.75. The van der Waals surface area contributed by atoms with Gasteiger partial charge in [-0.2, -0.15) is 0 Å². The highest BCUT2D eigenvalue weighted by Crippen LogP contribution is 2.28. The van der Waals surface area contributed by atoms with Crippen molar-refractivity contribution in [3.63, 3.8) is 0 Å². The van der Waals surface area contributed by atoms with Gasteiger partial charge in [0.25, 0.3) is 5.91 Å². The number of fused-ring (bicyclic) bond motifs is 1. The molecular weight excluding hydrogens is 438 g/mol. The summed E-state index contributed by atoms with van der Waals surface area (Å²) in [6.07, 6.45) is 4.91. The third-order valence-corrected chi connectivity index (χ3v) is 6.13. The number of amides is 1. The second kappa shape index (κ2) is 8.25. The molecule has 1 aliphatic rings. The van der Waals surface area contributed by atoms with E-state index in [1.54, 1.807) is 6.20 Å². The molecule has 12 heteroatoms. The standard InChI is InChI=1S/C19H17F4N5O2S/c1-31(30)16-14(22)12(20)11(13(21)15(16)23)19(29)27-9-3-6-28(7-4-9)18-10-2-5-24-17(10)25-8-26-18/h2,5,8-9H,3-4,6-7H2,1H3,(H,27,29)(H,24,25,26). The maximum atomic E-state index is 14.3. The highest BCUT2D eigenvalue weighted by Gasteiger charge is 2.32. The lowest BCUT2D eigenvalue weighted by atomic mass is 10.0. The molecular formula is C19H17F4N5O2S. The minimum atomic E-state index is -2.31. The van der Waals surface area contributed by atoms with Crippen LogP contribution in [0.25, 0.3) is 11.0 Å². The Labute approximate surface area is 176 Å². The molecule has 0 aliphatic carbocycles. The fourth-order valence-electron chi connectivity index (χ4n) is 3.67. The minimum Gasteiger partial charge on any atom is -0.356 e. The molecule has 0 saturated carbocycles. The van der Waals surface area contributed by atoms with Gasteiger partial charge in [0.15, 0.2) is 23.3 Å². The maximum Gasteiger partial charge on any atom is 0.257 e. The molecule has 1 unspecified atom stereocenters. The van der Waals surface area contributed by atoms with E-state index in [0.717, 1.165) is 17.5 Å². The summed E-state index contributed by atoms with van der Waals surface area (Å²) in [6.45, 7) is 0.980. The van der Waals surface area contributed by atoms with Gasteiger partial charge in [-0.1, -0.05) is 0 Å². The summed E-state index contributed by atoms with van der Waals surface area (Å²) < 4.78 is 68.0. The van der Waals surface area contributed by atoms with E-state index in [0.29, 0.717) is 31.6 Å². The summed E-state index contributed by atoms with van der Waals surface area (Å²) in [5.74, 6) is -7.95. The normalized spacial score (nSPS) is 16.0. The zero-order chi connectivity index (χ0) is 22.3. The van der Waals surface area contributed by atoms with Gasteiger partial charge in [0, 0.05) is 31.6 Å². The molecule has 0 spiro atoms. The van der Waals surface area contributed by atoms with Crippen LogP contribution in [-0.4, -0.2) is 50.5 Å². The van der Waals surface area contributed by atoms with E-state index in [9.17, 15) is 26.6 Å². The van der Waals surface area contributed by atoms with Crippen LogP contribution in [0.4, 0.5) is 23.4 Å². The molecule has 1 aromatic carbocycles. The topological polar surface area (TPSA) is 91.0 Å². The van der Waals surface area contributed by atoms with Gasteiger partial charge in [0.1, 0.15) is 28.3 Å². The number of halogens is 4. The summed E-state index contributed by atoms with van der Waals surface area (Å²) in [4.78, 5) is 24.6. The second-order valence-corrected chi connectivity index (χ2v) is 8.40. The number of carbonyl (C=O) groups is 1. The lowest BCUT2D eigenvalue weighted by Gasteiger charge is -2.33. The van der Waals surface area contributed by atoms with Crippen molar-refractivity contribution in [2.75, 3.05) is 24.2 Å². The molecule has 0 radical (unpaired) electrons. The van der Waals surface area contributed by atoms with Crippen molar-refractivity contribution in [2.24, 2.45) is 0 Å². The Hall–Kier alpha value is -3.02. The first-order chi connectivity index (χ1) is 14.8. The molecule has 31 heavy (non-hydrogen) atoms. The number of rotatable bonds is 4. The van der Waals surface area contributed by atoms with E-state index in [4.69, 9.17) is 0 Å². The van der Waals surface area contributed by atoms with Crippen LogP contribution in [0, 0.1) is 23.3 Å². The van der Waals surface area contributed by atoms with Crippen LogP contribution in [-0.2, 0) is 10.8 Å². The molecule has 3 aromatic rings. The Morgan fingerprint density at radius 1 is 1.13 bits per heavy atom. The summed E-state index contributed by atoms with van der Waals surface area (Å²) in [7, 11) is -2.31. The molecule has 1 atom stereocenters. The number of nitrogens with one attached hydrogen (secondary N) is 2. The Morgan fingerprint density at radius 3 is 2.39 bits per heavy atom. The second-order valence-electron chi connectivity index (χ2n) is 7.09. The molecule has 2 aromatic heterocycles. The van der Waals surface area contributed by atoms with Crippen molar-refractivity contribution in [3.05, 3.63) is 47.4 Å². The van der Waals surface area contributed by atoms with Crippen LogP contribution in [0.1, 0.15) is 23.2 Å². The van der Waals surface area contributed by atoms with Crippen LogP contribution >= 0.6 is 0 Å². The fourth-order valence-corrected chi connectivity index (χ4v) is 4.35. The monoisotopic (exact) mass is 455 g/mol. The first kappa shape index (κ1) is 21.2. The summed E-state index contributed by atoms with van der Waals surface area (Å²) >= 11 is 0. The number of aromatic nitrogens is 3. The Bertz CT molecular complexity index is 1160. The summed E-state index contributed by atoms with van der Waals surface area (Å²) in [5.41, 5.74) is -0.677. The highest BCUT2D eigenvalue weighted by molar-refractivity contribution is 7.84. The van der Waals surface area contributed by atoms with Crippen LogP contribution in [0.3, 0.4) is 0 Å². The zero-order valence-electron chi connectivity index (χ0n) is 16.2. The first-order valence-electron chi connectivity index (χ1n) is 9.32. The van der Waals surface area contributed by atoms with Gasteiger partial charge in [0.2, 0.25) is 0 Å². The zero-order valence-corrected chi connectivity index (χ0v) is 17.0. The number of piperidine rings is 1. The van der Waals surface area contributed by atoms with Crippen molar-refractivity contribution in [2.45, 2.75) is 23.8 Å². The van der Waals surface area contributed by atoms with Crippen molar-refractivity contribution < 1.29 is 26.6 Å². The largest absolute Gasteiger partial charge is 0.356 e. The lowest BCUT2D eigenvalue weighted by molar-refractivity contribution is 0.0919. The third-order valence-electron chi connectivity index (χ3n) is 5.20. The van der Waals surface area contributed by atoms with Crippen LogP contribution in [0.2, 0.25) is 0 Å². The van der Waals surface area contributed by atoms with Gasteiger partial charge >= 0.3 is 0 Å². The summed E-state index contributed by atoms with van der Waals surface area (Å²) in [6, 6.07) is 1.39. The molecule has 1 fully saturated rings. The van der Waals surface area contributed by atoms with Gasteiger partial charge in [-0.05, 0) is 18.9 Å². The molecule has 2 N–H and O–H groups in total. The lowest BCUT2D eigenvalue weighted by Crippen LogP contribution is -2.45. The van der Waals surface area contributed by atoms with Crippen molar-refractivity contribution in [3.8, 4) is 0 Å². The van der Waals surface area contributed by atoms with Gasteiger partial charge < -0.3 is 15.2 Å². The highest BCUT2D eigenvalue weighted by atomic mass is 32.2. The molecule has 7 nitrogen and oxygen atoms in total. The number of H-pyrrole nitrogens is 1. The predicted octanol–water partition coefficient (Wildman–Crippen LogP) is 2.65. The number of benzene rings is 1. The van der Waals surface area contributed by atoms with E-state index in [-0.39, 0.29) is 0 Å². The number of hydrogen-bond donors (Lipinski definition) is 2. The van der Waals surface area contributed by atoms with Gasteiger partial charge in [-0.15, -0.1) is 0 Å². The number of carbonyl (C=O) groups excluding carboxylic acids is 1. The van der Waals surface area contributed by atoms with E-state index in [2.05, 4.69) is 20.3 Å². The maximum absolute atomic E-state index is 14.3. The first-order valence-corrected chi connectivity index (χ1v) is 10.9. The number of hydrogen-bond acceptors (Lipinski definition) is 5. The molecule has 1 saturated heterocycles. The van der Waals surface area contributed by atoms with Gasteiger partial charge in [-0.25, -0.2) is 27.5 Å². The predicted molar refractivity (Wildman–Crippen MR) is 105 cm³/mol. The SMILES string of the molecule is CS(=O)c1c(F)c(F)c(C(=O)NC2CCN(c3ncnc4[nH]ccc34)CC2)c(F)c1F. The molecule has 4 rings (SSSR count). The van der Waals surface area contributed by atoms with Crippen LogP contribution in [0.15, 0.2) is 23.5 Å². The quantitative estimate of drug-likeness (QED) is 0.466. The summed E-state index contributed by atoms with van der Waals surface area (Å²) in [5, 5.41) is 3.27. The Balaban J connectivity index is 1.49.